The first kappa shape index (κ1) is 19.4. The average molecular weight is 495 g/mol. The van der Waals surface area contributed by atoms with Gasteiger partial charge in [0.25, 0.3) is 11.1 Å². The van der Waals surface area contributed by atoms with E-state index >= 15 is 0 Å². The fraction of sp³-hybridized carbons (Fsp3) is 0.200. The van der Waals surface area contributed by atoms with Crippen LogP contribution in [0.15, 0.2) is 56.3 Å². The van der Waals surface area contributed by atoms with Crippen LogP contribution in [0.25, 0.3) is 6.08 Å². The second kappa shape index (κ2) is 8.11. The number of thioether (sulfide) groups is 1. The van der Waals surface area contributed by atoms with Gasteiger partial charge in [0.2, 0.25) is 0 Å². The van der Waals surface area contributed by atoms with Crippen LogP contribution in [0.3, 0.4) is 0 Å². The Hall–Kier alpha value is -1.37. The van der Waals surface area contributed by atoms with Crippen molar-refractivity contribution in [2.24, 2.45) is 0 Å². The highest BCUT2D eigenvalue weighted by atomic mass is 79.9. The van der Waals surface area contributed by atoms with Gasteiger partial charge in [-0.25, -0.2) is 0 Å². The number of halogens is 2. The molecule has 6 heteroatoms. The molecule has 1 saturated heterocycles. The third kappa shape index (κ3) is 4.48. The number of benzene rings is 2. The summed E-state index contributed by atoms with van der Waals surface area (Å²) >= 11 is 7.85. The molecule has 0 aromatic heterocycles. The molecule has 0 spiro atoms. The van der Waals surface area contributed by atoms with Gasteiger partial charge in [0, 0.05) is 8.95 Å². The lowest BCUT2D eigenvalue weighted by molar-refractivity contribution is -0.123. The smallest absolute Gasteiger partial charge is 0.268 e. The van der Waals surface area contributed by atoms with E-state index < -0.39 is 0 Å². The molecule has 0 N–H and O–H groups in total. The van der Waals surface area contributed by atoms with Crippen molar-refractivity contribution in [3.8, 4) is 0 Å². The predicted octanol–water partition coefficient (Wildman–Crippen LogP) is 6.57. The summed E-state index contributed by atoms with van der Waals surface area (Å²) in [5.74, 6) is 0.206. The van der Waals surface area contributed by atoms with Gasteiger partial charge < -0.3 is 0 Å². The monoisotopic (exact) mass is 493 g/mol. The van der Waals surface area contributed by atoms with Crippen LogP contribution in [0.1, 0.15) is 36.5 Å². The number of imide groups is 1. The van der Waals surface area contributed by atoms with Crippen molar-refractivity contribution in [3.05, 3.63) is 73.0 Å². The van der Waals surface area contributed by atoms with E-state index in [9.17, 15) is 9.59 Å². The van der Waals surface area contributed by atoms with Crippen LogP contribution >= 0.6 is 43.6 Å². The van der Waals surface area contributed by atoms with Crippen LogP contribution < -0.4 is 0 Å². The lowest BCUT2D eigenvalue weighted by Crippen LogP contribution is -2.27. The second-order valence-electron chi connectivity index (χ2n) is 6.37. The standard InChI is InChI=1S/C20H17Br2NO2S/c1-12(2)15-5-3-13(4-6-15)11-23-19(24)18(26-20(23)25)9-14-7-16(21)10-17(22)8-14/h3-10,12H,11H2,1-2H3. The molecule has 134 valence electrons. The normalized spacial score (nSPS) is 16.2. The summed E-state index contributed by atoms with van der Waals surface area (Å²) in [6.07, 6.45) is 1.75. The van der Waals surface area contributed by atoms with Crippen LogP contribution in [-0.4, -0.2) is 16.0 Å². The molecule has 1 fully saturated rings. The van der Waals surface area contributed by atoms with E-state index in [0.29, 0.717) is 17.4 Å². The van der Waals surface area contributed by atoms with Crippen molar-refractivity contribution in [1.82, 2.24) is 4.90 Å². The Labute approximate surface area is 174 Å². The molecular weight excluding hydrogens is 478 g/mol. The molecule has 1 aliphatic rings. The topological polar surface area (TPSA) is 37.4 Å². The Bertz CT molecular complexity index is 871. The minimum Gasteiger partial charge on any atom is -0.268 e. The molecular formula is C20H17Br2NO2S. The zero-order valence-electron chi connectivity index (χ0n) is 14.3. The molecule has 0 atom stereocenters. The average Bonchev–Trinajstić information content (AvgIpc) is 2.82. The highest BCUT2D eigenvalue weighted by Gasteiger charge is 2.34. The Kier molecular flexibility index (Phi) is 6.05. The zero-order valence-corrected chi connectivity index (χ0v) is 18.3. The summed E-state index contributed by atoms with van der Waals surface area (Å²) in [7, 11) is 0. The molecule has 0 aliphatic carbocycles. The van der Waals surface area contributed by atoms with Gasteiger partial charge in [-0.1, -0.05) is 70.0 Å². The third-order valence-corrected chi connectivity index (χ3v) is 5.87. The van der Waals surface area contributed by atoms with Gasteiger partial charge in [-0.3, -0.25) is 14.5 Å². The molecule has 1 aliphatic heterocycles. The number of carbonyl (C=O) groups excluding carboxylic acids is 2. The number of carbonyl (C=O) groups is 2. The van der Waals surface area contributed by atoms with Gasteiger partial charge in [0.1, 0.15) is 0 Å². The van der Waals surface area contributed by atoms with E-state index in [1.54, 1.807) is 6.08 Å². The van der Waals surface area contributed by atoms with E-state index in [0.717, 1.165) is 31.8 Å². The Balaban J connectivity index is 1.79. The van der Waals surface area contributed by atoms with Gasteiger partial charge in [0.15, 0.2) is 0 Å². The van der Waals surface area contributed by atoms with E-state index in [1.807, 2.05) is 42.5 Å². The van der Waals surface area contributed by atoms with Gasteiger partial charge >= 0.3 is 0 Å². The molecule has 2 amide bonds. The van der Waals surface area contributed by atoms with Crippen LogP contribution in [-0.2, 0) is 11.3 Å². The van der Waals surface area contributed by atoms with Crippen molar-refractivity contribution in [3.63, 3.8) is 0 Å². The maximum atomic E-state index is 12.7. The lowest BCUT2D eigenvalue weighted by Gasteiger charge is -2.13. The molecule has 0 saturated carbocycles. The third-order valence-electron chi connectivity index (χ3n) is 4.04. The van der Waals surface area contributed by atoms with Crippen molar-refractivity contribution in [1.29, 1.82) is 0 Å². The maximum absolute atomic E-state index is 12.7. The Morgan fingerprint density at radius 2 is 1.65 bits per heavy atom. The first-order valence-electron chi connectivity index (χ1n) is 8.14. The number of hydrogen-bond donors (Lipinski definition) is 0. The zero-order chi connectivity index (χ0) is 18.8. The molecule has 1 heterocycles. The van der Waals surface area contributed by atoms with Crippen LogP contribution in [0.2, 0.25) is 0 Å². The molecule has 26 heavy (non-hydrogen) atoms. The molecule has 2 aromatic rings. The van der Waals surface area contributed by atoms with E-state index in [-0.39, 0.29) is 11.1 Å². The fourth-order valence-corrected chi connectivity index (χ4v) is 4.80. The van der Waals surface area contributed by atoms with E-state index in [1.165, 1.54) is 10.5 Å². The first-order valence-corrected chi connectivity index (χ1v) is 10.5. The van der Waals surface area contributed by atoms with E-state index in [4.69, 9.17) is 0 Å². The number of amides is 2. The van der Waals surface area contributed by atoms with Crippen LogP contribution in [0.4, 0.5) is 4.79 Å². The minimum absolute atomic E-state index is 0.233. The fourth-order valence-electron chi connectivity index (χ4n) is 2.64. The molecule has 0 radical (unpaired) electrons. The molecule has 2 aromatic carbocycles. The van der Waals surface area contributed by atoms with Gasteiger partial charge in [-0.2, -0.15) is 0 Å². The number of nitrogens with zero attached hydrogens (tertiary/aromatic N) is 1. The van der Waals surface area contributed by atoms with Crippen molar-refractivity contribution >= 4 is 60.8 Å². The summed E-state index contributed by atoms with van der Waals surface area (Å²) in [6.45, 7) is 4.57. The largest absolute Gasteiger partial charge is 0.293 e. The number of hydrogen-bond acceptors (Lipinski definition) is 3. The van der Waals surface area contributed by atoms with Gasteiger partial charge in [0.05, 0.1) is 11.4 Å². The summed E-state index contributed by atoms with van der Waals surface area (Å²) < 4.78 is 1.81. The predicted molar refractivity (Wildman–Crippen MR) is 114 cm³/mol. The molecule has 3 rings (SSSR count). The molecule has 0 unspecified atom stereocenters. The highest BCUT2D eigenvalue weighted by molar-refractivity contribution is 9.11. The summed E-state index contributed by atoms with van der Waals surface area (Å²) in [4.78, 5) is 26.7. The molecule has 3 nitrogen and oxygen atoms in total. The van der Waals surface area contributed by atoms with Crippen molar-refractivity contribution < 1.29 is 9.59 Å². The first-order chi connectivity index (χ1) is 12.3. The molecule has 0 bridgehead atoms. The lowest BCUT2D eigenvalue weighted by atomic mass is 10.0. The summed E-state index contributed by atoms with van der Waals surface area (Å²) in [5.41, 5.74) is 3.05. The Morgan fingerprint density at radius 1 is 1.04 bits per heavy atom. The minimum atomic E-state index is -0.246. The van der Waals surface area contributed by atoms with Gasteiger partial charge in [-0.05, 0) is 58.6 Å². The maximum Gasteiger partial charge on any atom is 0.293 e. The SMILES string of the molecule is CC(C)c1ccc(CN2C(=O)SC(=Cc3cc(Br)cc(Br)c3)C2=O)cc1. The summed E-state index contributed by atoms with van der Waals surface area (Å²) in [5, 5.41) is -0.233. The highest BCUT2D eigenvalue weighted by Crippen LogP contribution is 2.34. The summed E-state index contributed by atoms with van der Waals surface area (Å²) in [6, 6.07) is 13.8. The van der Waals surface area contributed by atoms with Crippen LogP contribution in [0, 0.1) is 0 Å². The second-order valence-corrected chi connectivity index (χ2v) is 9.19. The van der Waals surface area contributed by atoms with Crippen molar-refractivity contribution in [2.45, 2.75) is 26.3 Å². The van der Waals surface area contributed by atoms with E-state index in [2.05, 4.69) is 45.7 Å². The van der Waals surface area contributed by atoms with Gasteiger partial charge in [-0.15, -0.1) is 0 Å². The van der Waals surface area contributed by atoms with Crippen LogP contribution in [0.5, 0.6) is 0 Å². The Morgan fingerprint density at radius 3 is 2.23 bits per heavy atom. The quantitative estimate of drug-likeness (QED) is 0.451. The van der Waals surface area contributed by atoms with Crippen molar-refractivity contribution in [2.75, 3.05) is 0 Å². The number of rotatable bonds is 4.